The van der Waals surface area contributed by atoms with Crippen LogP contribution >= 0.6 is 0 Å². The first kappa shape index (κ1) is 13.8. The molecule has 1 heterocycles. The van der Waals surface area contributed by atoms with E-state index in [1.54, 1.807) is 0 Å². The molecule has 17 heavy (non-hydrogen) atoms. The van der Waals surface area contributed by atoms with Gasteiger partial charge in [0, 0.05) is 5.54 Å². The average Bonchev–Trinajstić information content (AvgIpc) is 2.06. The number of nitrogens with two attached hydrogens (primary N) is 1. The van der Waals surface area contributed by atoms with Crippen LogP contribution in [0.2, 0.25) is 0 Å². The van der Waals surface area contributed by atoms with Crippen molar-refractivity contribution in [3.05, 3.63) is 17.8 Å². The highest BCUT2D eigenvalue weighted by molar-refractivity contribution is 5.49. The van der Waals surface area contributed by atoms with Gasteiger partial charge < -0.3 is 11.1 Å². The van der Waals surface area contributed by atoms with Gasteiger partial charge in [-0.1, -0.05) is 20.8 Å². The molecule has 1 rings (SSSR count). The Bertz CT molecular complexity index is 389. The summed E-state index contributed by atoms with van der Waals surface area (Å²) in [5.74, 6) is 0.894. The molecular formula is C14H25N3. The Morgan fingerprint density at radius 1 is 1.18 bits per heavy atom. The maximum atomic E-state index is 5.76. The minimum Gasteiger partial charge on any atom is -0.397 e. The van der Waals surface area contributed by atoms with Gasteiger partial charge >= 0.3 is 0 Å². The second-order valence-electron chi connectivity index (χ2n) is 6.62. The van der Waals surface area contributed by atoms with Crippen molar-refractivity contribution in [2.45, 2.75) is 53.5 Å². The van der Waals surface area contributed by atoms with E-state index in [0.717, 1.165) is 23.6 Å². The highest BCUT2D eigenvalue weighted by Crippen LogP contribution is 2.29. The van der Waals surface area contributed by atoms with Gasteiger partial charge in [0.25, 0.3) is 0 Å². The summed E-state index contributed by atoms with van der Waals surface area (Å²) in [6, 6.07) is 3.84. The molecular weight excluding hydrogens is 210 g/mol. The molecule has 0 amide bonds. The van der Waals surface area contributed by atoms with Crippen molar-refractivity contribution in [2.24, 2.45) is 5.41 Å². The number of nitrogens with one attached hydrogen (secondary N) is 1. The van der Waals surface area contributed by atoms with Gasteiger partial charge in [-0.2, -0.15) is 0 Å². The van der Waals surface area contributed by atoms with Crippen molar-refractivity contribution in [3.63, 3.8) is 0 Å². The predicted octanol–water partition coefficient (Wildman–Crippen LogP) is 3.60. The van der Waals surface area contributed by atoms with Crippen LogP contribution in [0.15, 0.2) is 12.1 Å². The van der Waals surface area contributed by atoms with Crippen LogP contribution in [-0.2, 0) is 0 Å². The molecule has 3 nitrogen and oxygen atoms in total. The topological polar surface area (TPSA) is 50.9 Å². The Kier molecular flexibility index (Phi) is 3.70. The first-order chi connectivity index (χ1) is 7.59. The minimum absolute atomic E-state index is 0.0216. The molecule has 0 aliphatic rings. The van der Waals surface area contributed by atoms with E-state index in [-0.39, 0.29) is 5.54 Å². The third kappa shape index (κ3) is 4.63. The quantitative estimate of drug-likeness (QED) is 0.841. The van der Waals surface area contributed by atoms with Crippen molar-refractivity contribution < 1.29 is 0 Å². The number of nitrogen functional groups attached to an aromatic ring is 1. The van der Waals surface area contributed by atoms with E-state index in [4.69, 9.17) is 5.73 Å². The highest BCUT2D eigenvalue weighted by Gasteiger charge is 2.25. The molecule has 0 saturated carbocycles. The van der Waals surface area contributed by atoms with Gasteiger partial charge in [0.05, 0.1) is 11.4 Å². The van der Waals surface area contributed by atoms with Gasteiger partial charge in [-0.25, -0.2) is 4.98 Å². The van der Waals surface area contributed by atoms with Crippen LogP contribution in [0.5, 0.6) is 0 Å². The number of anilines is 2. The molecule has 96 valence electrons. The second-order valence-corrected chi connectivity index (χ2v) is 6.62. The molecule has 0 unspecified atom stereocenters. The van der Waals surface area contributed by atoms with E-state index in [1.807, 2.05) is 19.1 Å². The maximum absolute atomic E-state index is 5.76. The lowest BCUT2D eigenvalue weighted by Gasteiger charge is -2.33. The Morgan fingerprint density at radius 3 is 2.24 bits per heavy atom. The minimum atomic E-state index is 0.0216. The highest BCUT2D eigenvalue weighted by atomic mass is 15.0. The summed E-state index contributed by atoms with van der Waals surface area (Å²) in [6.07, 6.45) is 1.07. The normalized spacial score (nSPS) is 12.6. The molecule has 0 aliphatic heterocycles. The summed E-state index contributed by atoms with van der Waals surface area (Å²) in [5.41, 5.74) is 7.69. The van der Waals surface area contributed by atoms with Crippen molar-refractivity contribution in [3.8, 4) is 0 Å². The molecule has 0 aliphatic carbocycles. The molecule has 0 atom stereocenters. The van der Waals surface area contributed by atoms with Gasteiger partial charge in [0.15, 0.2) is 0 Å². The molecule has 0 saturated heterocycles. The van der Waals surface area contributed by atoms with E-state index in [9.17, 15) is 0 Å². The monoisotopic (exact) mass is 235 g/mol. The van der Waals surface area contributed by atoms with Gasteiger partial charge in [-0.15, -0.1) is 0 Å². The molecule has 3 heteroatoms. The summed E-state index contributed by atoms with van der Waals surface area (Å²) in [7, 11) is 0. The molecule has 0 spiro atoms. The number of nitrogens with zero attached hydrogens (tertiary/aromatic N) is 1. The third-order valence-electron chi connectivity index (χ3n) is 2.57. The van der Waals surface area contributed by atoms with E-state index in [0.29, 0.717) is 5.41 Å². The zero-order valence-corrected chi connectivity index (χ0v) is 11.9. The number of rotatable bonds is 3. The third-order valence-corrected chi connectivity index (χ3v) is 2.57. The van der Waals surface area contributed by atoms with Crippen LogP contribution in [0.1, 0.15) is 46.7 Å². The van der Waals surface area contributed by atoms with Crippen molar-refractivity contribution in [1.82, 2.24) is 4.98 Å². The first-order valence-electron chi connectivity index (χ1n) is 6.10. The SMILES string of the molecule is Cc1nc(NC(C)(C)CC(C)(C)C)ccc1N. The fourth-order valence-corrected chi connectivity index (χ4v) is 2.36. The number of aromatic nitrogens is 1. The summed E-state index contributed by atoms with van der Waals surface area (Å²) in [6.45, 7) is 13.1. The summed E-state index contributed by atoms with van der Waals surface area (Å²) in [5, 5.41) is 3.48. The summed E-state index contributed by atoms with van der Waals surface area (Å²) >= 11 is 0. The van der Waals surface area contributed by atoms with Crippen molar-refractivity contribution in [1.29, 1.82) is 0 Å². The van der Waals surface area contributed by atoms with E-state index in [1.165, 1.54) is 0 Å². The van der Waals surface area contributed by atoms with E-state index in [2.05, 4.69) is 44.9 Å². The largest absolute Gasteiger partial charge is 0.397 e. The van der Waals surface area contributed by atoms with Crippen LogP contribution in [0.4, 0.5) is 11.5 Å². The second kappa shape index (κ2) is 4.55. The number of hydrogen-bond donors (Lipinski definition) is 2. The Hall–Kier alpha value is -1.25. The van der Waals surface area contributed by atoms with Crippen molar-refractivity contribution >= 4 is 11.5 Å². The Balaban J connectivity index is 2.79. The summed E-state index contributed by atoms with van der Waals surface area (Å²) in [4.78, 5) is 4.45. The number of hydrogen-bond acceptors (Lipinski definition) is 3. The predicted molar refractivity (Wildman–Crippen MR) is 75.2 cm³/mol. The van der Waals surface area contributed by atoms with Crippen LogP contribution in [0, 0.1) is 12.3 Å². The van der Waals surface area contributed by atoms with Crippen LogP contribution in [-0.4, -0.2) is 10.5 Å². The zero-order chi connectivity index (χ0) is 13.3. The summed E-state index contributed by atoms with van der Waals surface area (Å²) < 4.78 is 0. The van der Waals surface area contributed by atoms with Crippen LogP contribution in [0.25, 0.3) is 0 Å². The van der Waals surface area contributed by atoms with Gasteiger partial charge in [0.1, 0.15) is 5.82 Å². The van der Waals surface area contributed by atoms with E-state index < -0.39 is 0 Å². The lowest BCUT2D eigenvalue weighted by Crippen LogP contribution is -2.35. The maximum Gasteiger partial charge on any atom is 0.126 e. The van der Waals surface area contributed by atoms with E-state index >= 15 is 0 Å². The standard InChI is InChI=1S/C14H25N3/c1-10-11(15)7-8-12(16-10)17-14(5,6)9-13(2,3)4/h7-8H,9,15H2,1-6H3,(H,16,17). The smallest absolute Gasteiger partial charge is 0.126 e. The Morgan fingerprint density at radius 2 is 1.76 bits per heavy atom. The molecule has 0 aromatic carbocycles. The van der Waals surface area contributed by atoms with Gasteiger partial charge in [-0.3, -0.25) is 0 Å². The molecule has 1 aromatic heterocycles. The molecule has 0 radical (unpaired) electrons. The molecule has 0 bridgehead atoms. The van der Waals surface area contributed by atoms with Gasteiger partial charge in [-0.05, 0) is 44.7 Å². The molecule has 1 aromatic rings. The number of pyridine rings is 1. The Labute approximate surface area is 105 Å². The molecule has 3 N–H and O–H groups in total. The number of aryl methyl sites for hydroxylation is 1. The van der Waals surface area contributed by atoms with Gasteiger partial charge in [0.2, 0.25) is 0 Å². The first-order valence-corrected chi connectivity index (χ1v) is 6.10. The van der Waals surface area contributed by atoms with Crippen LogP contribution in [0.3, 0.4) is 0 Å². The molecule has 0 fully saturated rings. The average molecular weight is 235 g/mol. The lowest BCUT2D eigenvalue weighted by atomic mass is 9.82. The van der Waals surface area contributed by atoms with Crippen LogP contribution < -0.4 is 11.1 Å². The fourth-order valence-electron chi connectivity index (χ4n) is 2.36. The zero-order valence-electron chi connectivity index (χ0n) is 11.9. The fraction of sp³-hybridized carbons (Fsp3) is 0.643. The van der Waals surface area contributed by atoms with Crippen molar-refractivity contribution in [2.75, 3.05) is 11.1 Å². The lowest BCUT2D eigenvalue weighted by molar-refractivity contribution is 0.302.